The second kappa shape index (κ2) is 8.09. The van der Waals surface area contributed by atoms with E-state index < -0.39 is 4.92 Å². The summed E-state index contributed by atoms with van der Waals surface area (Å²) in [6.45, 7) is 1.82. The fraction of sp³-hybridized carbons (Fsp3) is 0.100. The summed E-state index contributed by atoms with van der Waals surface area (Å²) in [5, 5.41) is 10.8. The zero-order chi connectivity index (χ0) is 19.2. The minimum Gasteiger partial charge on any atom is -0.486 e. The molecule has 1 aromatic carbocycles. The molecule has 0 N–H and O–H groups in total. The maximum atomic E-state index is 12.0. The van der Waals surface area contributed by atoms with Gasteiger partial charge in [0.1, 0.15) is 23.9 Å². The van der Waals surface area contributed by atoms with E-state index in [1.54, 1.807) is 55.6 Å². The third-order valence-corrected chi connectivity index (χ3v) is 3.77. The lowest BCUT2D eigenvalue weighted by Crippen LogP contribution is -1.96. The molecule has 0 fully saturated rings. The molecule has 136 valence electrons. The number of benzene rings is 1. The molecule has 0 unspecified atom stereocenters. The fourth-order valence-corrected chi connectivity index (χ4v) is 2.40. The van der Waals surface area contributed by atoms with Crippen LogP contribution < -0.4 is 4.74 Å². The smallest absolute Gasteiger partial charge is 0.272 e. The number of nitro benzene ring substituents is 1. The van der Waals surface area contributed by atoms with Gasteiger partial charge in [0.2, 0.25) is 0 Å². The maximum Gasteiger partial charge on any atom is 0.272 e. The SMILES string of the molecule is Cc1cc(OCc2ccc(/C=C/C(=O)c3cccnc3)o2)ccc1[N+](=O)[O-]. The average molecular weight is 364 g/mol. The van der Waals surface area contributed by atoms with Crippen LogP contribution in [0.5, 0.6) is 5.75 Å². The Morgan fingerprint density at radius 2 is 2.15 bits per heavy atom. The number of ketones is 1. The molecule has 0 saturated heterocycles. The van der Waals surface area contributed by atoms with Crippen LogP contribution in [0.4, 0.5) is 5.69 Å². The third kappa shape index (κ3) is 4.66. The minimum atomic E-state index is -0.433. The lowest BCUT2D eigenvalue weighted by molar-refractivity contribution is -0.385. The van der Waals surface area contributed by atoms with Crippen LogP contribution in [-0.2, 0) is 6.61 Å². The van der Waals surface area contributed by atoms with Gasteiger partial charge >= 0.3 is 0 Å². The number of pyridine rings is 1. The molecule has 0 spiro atoms. The van der Waals surface area contributed by atoms with Crippen molar-refractivity contribution in [3.63, 3.8) is 0 Å². The third-order valence-electron chi connectivity index (χ3n) is 3.77. The van der Waals surface area contributed by atoms with E-state index >= 15 is 0 Å². The molecule has 27 heavy (non-hydrogen) atoms. The summed E-state index contributed by atoms with van der Waals surface area (Å²) in [5.74, 6) is 1.43. The number of hydrogen-bond acceptors (Lipinski definition) is 6. The summed E-state index contributed by atoms with van der Waals surface area (Å²) in [6, 6.07) is 11.4. The Kier molecular flexibility index (Phi) is 5.41. The second-order valence-corrected chi connectivity index (χ2v) is 5.74. The van der Waals surface area contributed by atoms with Gasteiger partial charge in [0.15, 0.2) is 5.78 Å². The van der Waals surface area contributed by atoms with Gasteiger partial charge in [0.05, 0.1) is 4.92 Å². The Morgan fingerprint density at radius 1 is 1.30 bits per heavy atom. The number of rotatable bonds is 7. The van der Waals surface area contributed by atoms with Crippen LogP contribution in [0.3, 0.4) is 0 Å². The summed E-state index contributed by atoms with van der Waals surface area (Å²) in [6.07, 6.45) is 6.10. The van der Waals surface area contributed by atoms with Crippen molar-refractivity contribution in [1.82, 2.24) is 4.98 Å². The van der Waals surface area contributed by atoms with Gasteiger partial charge in [-0.15, -0.1) is 0 Å². The quantitative estimate of drug-likeness (QED) is 0.267. The highest BCUT2D eigenvalue weighted by Crippen LogP contribution is 2.24. The standard InChI is InChI=1S/C20H16N2O5/c1-14-11-17(6-8-19(14)22(24)25)26-13-18-5-4-16(27-18)7-9-20(23)15-3-2-10-21-12-15/h2-12H,13H2,1H3/b9-7+. The number of nitrogens with zero attached hydrogens (tertiary/aromatic N) is 2. The molecule has 0 amide bonds. The van der Waals surface area contributed by atoms with Crippen LogP contribution in [0.15, 0.2) is 65.4 Å². The van der Waals surface area contributed by atoms with Gasteiger partial charge in [-0.2, -0.15) is 0 Å². The van der Waals surface area contributed by atoms with E-state index in [0.29, 0.717) is 28.4 Å². The summed E-state index contributed by atoms with van der Waals surface area (Å²) < 4.78 is 11.2. The number of aryl methyl sites for hydroxylation is 1. The van der Waals surface area contributed by atoms with Crippen LogP contribution in [-0.4, -0.2) is 15.7 Å². The first-order chi connectivity index (χ1) is 13.0. The lowest BCUT2D eigenvalue weighted by atomic mass is 10.2. The van der Waals surface area contributed by atoms with E-state index in [0.717, 1.165) is 0 Å². The van der Waals surface area contributed by atoms with Gasteiger partial charge in [0, 0.05) is 29.6 Å². The van der Waals surface area contributed by atoms with Crippen LogP contribution in [0.25, 0.3) is 6.08 Å². The van der Waals surface area contributed by atoms with Crippen molar-refractivity contribution in [1.29, 1.82) is 0 Å². The van der Waals surface area contributed by atoms with Crippen LogP contribution in [0.2, 0.25) is 0 Å². The number of aromatic nitrogens is 1. The molecule has 2 heterocycles. The van der Waals surface area contributed by atoms with Crippen molar-refractivity contribution in [2.75, 3.05) is 0 Å². The van der Waals surface area contributed by atoms with Gasteiger partial charge in [-0.05, 0) is 55.5 Å². The highest BCUT2D eigenvalue weighted by Gasteiger charge is 2.11. The van der Waals surface area contributed by atoms with Crippen molar-refractivity contribution < 1.29 is 18.9 Å². The fourth-order valence-electron chi connectivity index (χ4n) is 2.40. The molecular weight excluding hydrogens is 348 g/mol. The minimum absolute atomic E-state index is 0.0473. The van der Waals surface area contributed by atoms with Gasteiger partial charge in [0.25, 0.3) is 5.69 Å². The van der Waals surface area contributed by atoms with Gasteiger partial charge in [-0.3, -0.25) is 19.9 Å². The predicted octanol–water partition coefficient (Wildman–Crippen LogP) is 4.37. The normalized spacial score (nSPS) is 10.9. The number of furan rings is 1. The number of carbonyl (C=O) groups is 1. The zero-order valence-corrected chi connectivity index (χ0v) is 14.5. The Hall–Kier alpha value is -3.74. The first-order valence-corrected chi connectivity index (χ1v) is 8.12. The molecule has 2 aromatic heterocycles. The van der Waals surface area contributed by atoms with E-state index in [1.807, 2.05) is 0 Å². The molecule has 3 aromatic rings. The van der Waals surface area contributed by atoms with Crippen LogP contribution in [0, 0.1) is 17.0 Å². The van der Waals surface area contributed by atoms with Crippen LogP contribution >= 0.6 is 0 Å². The average Bonchev–Trinajstić information content (AvgIpc) is 3.13. The highest BCUT2D eigenvalue weighted by atomic mass is 16.6. The number of allylic oxidation sites excluding steroid dienone is 1. The molecule has 7 heteroatoms. The summed E-state index contributed by atoms with van der Waals surface area (Å²) in [5.41, 5.74) is 1.07. The summed E-state index contributed by atoms with van der Waals surface area (Å²) in [4.78, 5) is 26.3. The van der Waals surface area contributed by atoms with E-state index in [9.17, 15) is 14.9 Å². The van der Waals surface area contributed by atoms with Crippen molar-refractivity contribution in [3.8, 4) is 5.75 Å². The Labute approximate surface area is 155 Å². The first-order valence-electron chi connectivity index (χ1n) is 8.12. The van der Waals surface area contributed by atoms with Crippen molar-refractivity contribution in [2.45, 2.75) is 13.5 Å². The zero-order valence-electron chi connectivity index (χ0n) is 14.5. The topological polar surface area (TPSA) is 95.5 Å². The van der Waals surface area contributed by atoms with E-state index in [1.165, 1.54) is 18.3 Å². The van der Waals surface area contributed by atoms with E-state index in [-0.39, 0.29) is 18.1 Å². The predicted molar refractivity (Wildman–Crippen MR) is 98.5 cm³/mol. The number of nitro groups is 1. The number of hydrogen-bond donors (Lipinski definition) is 0. The van der Waals surface area contributed by atoms with Crippen molar-refractivity contribution in [3.05, 3.63) is 93.7 Å². The van der Waals surface area contributed by atoms with Gasteiger partial charge < -0.3 is 9.15 Å². The van der Waals surface area contributed by atoms with Gasteiger partial charge in [-0.25, -0.2) is 0 Å². The highest BCUT2D eigenvalue weighted by molar-refractivity contribution is 6.06. The van der Waals surface area contributed by atoms with Gasteiger partial charge in [-0.1, -0.05) is 0 Å². The number of ether oxygens (including phenoxy) is 1. The summed E-state index contributed by atoms with van der Waals surface area (Å²) in [7, 11) is 0. The Morgan fingerprint density at radius 3 is 2.85 bits per heavy atom. The largest absolute Gasteiger partial charge is 0.486 e. The van der Waals surface area contributed by atoms with Crippen molar-refractivity contribution >= 4 is 17.5 Å². The Balaban J connectivity index is 1.60. The monoisotopic (exact) mass is 364 g/mol. The lowest BCUT2D eigenvalue weighted by Gasteiger charge is -2.05. The molecule has 0 atom stereocenters. The first kappa shape index (κ1) is 18.1. The van der Waals surface area contributed by atoms with Crippen LogP contribution in [0.1, 0.15) is 27.4 Å². The molecule has 0 radical (unpaired) electrons. The molecule has 3 rings (SSSR count). The summed E-state index contributed by atoms with van der Waals surface area (Å²) >= 11 is 0. The second-order valence-electron chi connectivity index (χ2n) is 5.74. The number of carbonyl (C=O) groups excluding carboxylic acids is 1. The molecule has 0 aliphatic rings. The molecule has 0 aliphatic heterocycles. The molecule has 0 saturated carbocycles. The van der Waals surface area contributed by atoms with Crippen molar-refractivity contribution in [2.24, 2.45) is 0 Å². The maximum absolute atomic E-state index is 12.0. The molecular formula is C20H16N2O5. The van der Waals surface area contributed by atoms with E-state index in [2.05, 4.69) is 4.98 Å². The molecule has 0 aliphatic carbocycles. The molecule has 0 bridgehead atoms. The van der Waals surface area contributed by atoms with E-state index in [4.69, 9.17) is 9.15 Å². The molecule has 7 nitrogen and oxygen atoms in total. The Bertz CT molecular complexity index is 993.